The molecule has 1 atom stereocenters. The summed E-state index contributed by atoms with van der Waals surface area (Å²) in [5, 5.41) is 9.75. The maximum Gasteiger partial charge on any atom is 0.134 e. The highest BCUT2D eigenvalue weighted by Gasteiger charge is 2.19. The molecule has 0 aliphatic rings. The Bertz CT molecular complexity index is 220. The first-order valence-corrected chi connectivity index (χ1v) is 9.17. The molecule has 0 aliphatic carbocycles. The van der Waals surface area contributed by atoms with Crippen molar-refractivity contribution >= 4 is 0 Å². The number of likely N-dealkylation sites (N-methyl/N-ethyl adjacent to an activating group) is 1. The summed E-state index contributed by atoms with van der Waals surface area (Å²) < 4.78 is 5.86. The molecule has 0 radical (unpaired) electrons. The molecule has 4 heteroatoms. The quantitative estimate of drug-likeness (QED) is 0.267. The van der Waals surface area contributed by atoms with E-state index >= 15 is 0 Å². The normalized spacial score (nSPS) is 13.0. The van der Waals surface area contributed by atoms with Crippen LogP contribution in [-0.4, -0.2) is 43.2 Å². The monoisotopic (exact) mass is 381 g/mol. The summed E-state index contributed by atoms with van der Waals surface area (Å²) >= 11 is 0. The molecule has 0 aromatic rings. The van der Waals surface area contributed by atoms with Crippen LogP contribution in [0.5, 0.6) is 0 Å². The fraction of sp³-hybridized carbons (Fsp3) is 1.00. The lowest BCUT2D eigenvalue weighted by atomic mass is 10.1. The molecule has 136 valence electrons. The fourth-order valence-electron chi connectivity index (χ4n) is 2.64. The van der Waals surface area contributed by atoms with Gasteiger partial charge in [-0.2, -0.15) is 4.65 Å². The molecule has 3 nitrogen and oxygen atoms in total. The smallest absolute Gasteiger partial charge is 0.134 e. The van der Waals surface area contributed by atoms with Gasteiger partial charge >= 0.3 is 0 Å². The minimum absolute atomic E-state index is 0. The van der Waals surface area contributed by atoms with E-state index in [4.69, 9.17) is 4.74 Å². The molecule has 0 rings (SSSR count). The van der Waals surface area contributed by atoms with E-state index in [0.717, 1.165) is 19.4 Å². The van der Waals surface area contributed by atoms with E-state index in [1.807, 2.05) is 0 Å². The second kappa shape index (κ2) is 16.2. The first kappa shape index (κ1) is 24.6. The van der Waals surface area contributed by atoms with Gasteiger partial charge in [-0.25, -0.2) is 5.21 Å². The summed E-state index contributed by atoms with van der Waals surface area (Å²) in [6, 6.07) is 0. The Hall–Kier alpha value is 0.360. The summed E-state index contributed by atoms with van der Waals surface area (Å²) in [5.41, 5.74) is 0. The summed E-state index contributed by atoms with van der Waals surface area (Å²) in [6.07, 6.45) is 14.7. The van der Waals surface area contributed by atoms with E-state index in [9.17, 15) is 5.21 Å². The van der Waals surface area contributed by atoms with Crippen molar-refractivity contribution in [3.05, 3.63) is 0 Å². The van der Waals surface area contributed by atoms with E-state index in [0.29, 0.717) is 6.54 Å². The lowest BCUT2D eigenvalue weighted by molar-refractivity contribution is -1.07. The van der Waals surface area contributed by atoms with Crippen molar-refractivity contribution in [2.75, 3.05) is 27.2 Å². The van der Waals surface area contributed by atoms with Gasteiger partial charge in [-0.05, 0) is 12.8 Å². The van der Waals surface area contributed by atoms with Crippen molar-refractivity contribution in [1.82, 2.24) is 0 Å². The highest BCUT2D eigenvalue weighted by molar-refractivity contribution is 4.53. The highest BCUT2D eigenvalue weighted by Crippen LogP contribution is 2.11. The van der Waals surface area contributed by atoms with Gasteiger partial charge in [0.05, 0.1) is 14.1 Å². The predicted octanol–water partition coefficient (Wildman–Crippen LogP) is 2.17. The molecule has 0 bridgehead atoms. The topological polar surface area (TPSA) is 29.5 Å². The molecule has 0 amide bonds. The van der Waals surface area contributed by atoms with Gasteiger partial charge < -0.3 is 21.7 Å². The number of rotatable bonds is 15. The largest absolute Gasteiger partial charge is 1.00 e. The standard InChI is InChI=1S/C18H40NO2.BrH/c1-5-7-8-9-10-11-12-13-14-15-16-21-18(6-2)17-19(3,4)20;/h18,20H,5-17H2,1-4H3;1H/q+1;/p-1. The van der Waals surface area contributed by atoms with Crippen LogP contribution in [0.15, 0.2) is 0 Å². The Morgan fingerprint density at radius 3 is 1.68 bits per heavy atom. The third-order valence-electron chi connectivity index (χ3n) is 3.96. The molecule has 0 heterocycles. The number of halogens is 1. The van der Waals surface area contributed by atoms with Crippen molar-refractivity contribution in [1.29, 1.82) is 0 Å². The van der Waals surface area contributed by atoms with Gasteiger partial charge in [0.15, 0.2) is 0 Å². The molecule has 1 N–H and O–H groups in total. The van der Waals surface area contributed by atoms with E-state index in [1.54, 1.807) is 14.1 Å². The Labute approximate surface area is 149 Å². The summed E-state index contributed by atoms with van der Waals surface area (Å²) in [4.78, 5) is 0. The SMILES string of the molecule is CCCCCCCCCCCCOC(CC)C[N+](C)(C)O.[Br-]. The van der Waals surface area contributed by atoms with Crippen LogP contribution < -0.4 is 17.0 Å². The van der Waals surface area contributed by atoms with Crippen LogP contribution in [0.3, 0.4) is 0 Å². The summed E-state index contributed by atoms with van der Waals surface area (Å²) in [5.74, 6) is 0. The van der Waals surface area contributed by atoms with Crippen molar-refractivity contribution < 1.29 is 31.6 Å². The Kier molecular flexibility index (Phi) is 18.2. The molecule has 0 saturated carbocycles. The van der Waals surface area contributed by atoms with Crippen LogP contribution in [0.1, 0.15) is 84.5 Å². The van der Waals surface area contributed by atoms with Gasteiger partial charge in [0.1, 0.15) is 12.6 Å². The van der Waals surface area contributed by atoms with Crippen molar-refractivity contribution in [3.8, 4) is 0 Å². The first-order chi connectivity index (χ1) is 9.99. The maximum atomic E-state index is 9.75. The van der Waals surface area contributed by atoms with E-state index < -0.39 is 0 Å². The van der Waals surface area contributed by atoms with Gasteiger partial charge in [0.25, 0.3) is 0 Å². The average Bonchev–Trinajstić information content (AvgIpc) is 2.42. The van der Waals surface area contributed by atoms with Crippen LogP contribution >= 0.6 is 0 Å². The number of nitrogens with zero attached hydrogens (tertiary/aromatic N) is 1. The third-order valence-corrected chi connectivity index (χ3v) is 3.96. The molecular formula is C18H40BrNO2. The number of hydrogen-bond donors (Lipinski definition) is 1. The van der Waals surface area contributed by atoms with Gasteiger partial charge in [0, 0.05) is 6.61 Å². The molecule has 22 heavy (non-hydrogen) atoms. The number of quaternary nitrogens is 1. The van der Waals surface area contributed by atoms with Crippen LogP contribution in [0, 0.1) is 0 Å². The summed E-state index contributed by atoms with van der Waals surface area (Å²) in [6.45, 7) is 5.91. The molecule has 0 saturated heterocycles. The minimum Gasteiger partial charge on any atom is -1.00 e. The number of hydroxylamine groups is 3. The zero-order valence-corrected chi connectivity index (χ0v) is 17.0. The summed E-state index contributed by atoms with van der Waals surface area (Å²) in [7, 11) is 3.60. The van der Waals surface area contributed by atoms with Crippen molar-refractivity contribution in [3.63, 3.8) is 0 Å². The van der Waals surface area contributed by atoms with Crippen molar-refractivity contribution in [2.45, 2.75) is 90.6 Å². The Morgan fingerprint density at radius 1 is 0.818 bits per heavy atom. The first-order valence-electron chi connectivity index (χ1n) is 9.17. The van der Waals surface area contributed by atoms with Gasteiger partial charge in [0.2, 0.25) is 0 Å². The molecule has 0 spiro atoms. The lowest BCUT2D eigenvalue weighted by Crippen LogP contribution is -3.00. The van der Waals surface area contributed by atoms with Crippen LogP contribution in [0.25, 0.3) is 0 Å². The molecule has 1 unspecified atom stereocenters. The van der Waals surface area contributed by atoms with Gasteiger partial charge in [-0.1, -0.05) is 71.6 Å². The van der Waals surface area contributed by atoms with Crippen LogP contribution in [0.4, 0.5) is 0 Å². The maximum absolute atomic E-state index is 9.75. The third kappa shape index (κ3) is 18.4. The average molecular weight is 382 g/mol. The van der Waals surface area contributed by atoms with Gasteiger partial charge in [-0.3, -0.25) is 0 Å². The molecule has 0 aromatic carbocycles. The van der Waals surface area contributed by atoms with Crippen molar-refractivity contribution in [2.24, 2.45) is 0 Å². The minimum atomic E-state index is -0.00343. The predicted molar refractivity (Wildman–Crippen MR) is 90.6 cm³/mol. The van der Waals surface area contributed by atoms with Crippen LogP contribution in [-0.2, 0) is 4.74 Å². The fourth-order valence-corrected chi connectivity index (χ4v) is 2.64. The Morgan fingerprint density at radius 2 is 1.27 bits per heavy atom. The zero-order valence-electron chi connectivity index (χ0n) is 15.5. The van der Waals surface area contributed by atoms with Crippen LogP contribution in [0.2, 0.25) is 0 Å². The molecule has 0 aromatic heterocycles. The zero-order chi connectivity index (χ0) is 16.0. The second-order valence-electron chi connectivity index (χ2n) is 6.89. The van der Waals surface area contributed by atoms with E-state index in [-0.39, 0.29) is 27.7 Å². The number of hydrogen-bond acceptors (Lipinski definition) is 2. The van der Waals surface area contributed by atoms with E-state index in [2.05, 4.69) is 13.8 Å². The molecular weight excluding hydrogens is 342 g/mol. The lowest BCUT2D eigenvalue weighted by Gasteiger charge is -2.25. The Balaban J connectivity index is 0. The number of unbranched alkanes of at least 4 members (excludes halogenated alkanes) is 9. The highest BCUT2D eigenvalue weighted by atomic mass is 79.9. The second-order valence-corrected chi connectivity index (χ2v) is 6.89. The van der Waals surface area contributed by atoms with Gasteiger partial charge in [-0.15, -0.1) is 0 Å². The van der Waals surface area contributed by atoms with E-state index in [1.165, 1.54) is 57.8 Å². The number of ether oxygens (including phenoxy) is 1. The molecule has 0 fully saturated rings. The molecule has 0 aliphatic heterocycles.